The van der Waals surface area contributed by atoms with Gasteiger partial charge in [0.15, 0.2) is 0 Å². The maximum Gasteiger partial charge on any atom is 0.135 e. The molecule has 1 heterocycles. The summed E-state index contributed by atoms with van der Waals surface area (Å²) in [7, 11) is 4.16. The Morgan fingerprint density at radius 1 is 1.05 bits per heavy atom. The number of aryl methyl sites for hydroxylation is 2. The summed E-state index contributed by atoms with van der Waals surface area (Å²) in [4.78, 5) is 10.7. The van der Waals surface area contributed by atoms with Gasteiger partial charge in [0.2, 0.25) is 0 Å². The van der Waals surface area contributed by atoms with Gasteiger partial charge >= 0.3 is 0 Å². The number of nitrogens with zero attached hydrogens (tertiary/aromatic N) is 3. The molecule has 22 heavy (non-hydrogen) atoms. The van der Waals surface area contributed by atoms with Crippen molar-refractivity contribution in [3.63, 3.8) is 0 Å². The van der Waals surface area contributed by atoms with Gasteiger partial charge in [-0.15, -0.1) is 0 Å². The monoisotopic (exact) mass is 299 g/mol. The van der Waals surface area contributed by atoms with Gasteiger partial charge in [-0.25, -0.2) is 9.97 Å². The van der Waals surface area contributed by atoms with E-state index in [2.05, 4.69) is 71.6 Å². The molecule has 118 valence electrons. The molecule has 0 saturated carbocycles. The van der Waals surface area contributed by atoms with Crippen molar-refractivity contribution >= 4 is 17.3 Å². The molecule has 0 unspecified atom stereocenters. The highest BCUT2D eigenvalue weighted by atomic mass is 15.1. The van der Waals surface area contributed by atoms with E-state index in [4.69, 9.17) is 0 Å². The number of aromatic nitrogens is 2. The van der Waals surface area contributed by atoms with Gasteiger partial charge in [0.25, 0.3) is 0 Å². The molecule has 0 aliphatic heterocycles. The first-order valence-corrected chi connectivity index (χ1v) is 7.60. The lowest BCUT2D eigenvalue weighted by molar-refractivity contribution is 0.405. The van der Waals surface area contributed by atoms with Crippen molar-refractivity contribution < 1.29 is 0 Å². The maximum absolute atomic E-state index is 4.30. The number of para-hydroxylation sites is 1. The minimum absolute atomic E-state index is 0.808. The Balaban J connectivity index is 1.99. The zero-order chi connectivity index (χ0) is 15.9. The van der Waals surface area contributed by atoms with E-state index in [0.717, 1.165) is 36.8 Å². The van der Waals surface area contributed by atoms with Gasteiger partial charge in [-0.2, -0.15) is 0 Å². The Morgan fingerprint density at radius 2 is 1.73 bits per heavy atom. The fourth-order valence-corrected chi connectivity index (χ4v) is 2.27. The van der Waals surface area contributed by atoms with Crippen LogP contribution in [-0.4, -0.2) is 42.1 Å². The third-order valence-corrected chi connectivity index (χ3v) is 3.49. The zero-order valence-corrected chi connectivity index (χ0v) is 13.8. The predicted octanol–water partition coefficient (Wildman–Crippen LogP) is 3.20. The largest absolute Gasteiger partial charge is 0.370 e. The second-order valence-electron chi connectivity index (χ2n) is 5.76. The van der Waals surface area contributed by atoms with Crippen molar-refractivity contribution in [2.24, 2.45) is 0 Å². The Kier molecular flexibility index (Phi) is 5.72. The first kappa shape index (κ1) is 16.2. The average molecular weight is 299 g/mol. The van der Waals surface area contributed by atoms with Crippen LogP contribution in [0.15, 0.2) is 30.6 Å². The molecule has 2 N–H and O–H groups in total. The number of rotatable bonds is 7. The van der Waals surface area contributed by atoms with Crippen LogP contribution in [0.25, 0.3) is 0 Å². The lowest BCUT2D eigenvalue weighted by Gasteiger charge is -2.13. The molecule has 0 saturated heterocycles. The van der Waals surface area contributed by atoms with E-state index < -0.39 is 0 Å². The topological polar surface area (TPSA) is 53.1 Å². The van der Waals surface area contributed by atoms with Gasteiger partial charge in [0.05, 0.1) is 0 Å². The lowest BCUT2D eigenvalue weighted by Crippen LogP contribution is -2.16. The maximum atomic E-state index is 4.30. The quantitative estimate of drug-likeness (QED) is 0.769. The van der Waals surface area contributed by atoms with Crippen LogP contribution < -0.4 is 10.6 Å². The van der Waals surface area contributed by atoms with E-state index in [0.29, 0.717) is 0 Å². The minimum Gasteiger partial charge on any atom is -0.370 e. The number of benzene rings is 1. The summed E-state index contributed by atoms with van der Waals surface area (Å²) in [5.41, 5.74) is 3.53. The van der Waals surface area contributed by atoms with Crippen LogP contribution in [0.3, 0.4) is 0 Å². The average Bonchev–Trinajstić information content (AvgIpc) is 2.48. The third-order valence-electron chi connectivity index (χ3n) is 3.49. The Morgan fingerprint density at radius 3 is 2.41 bits per heavy atom. The smallest absolute Gasteiger partial charge is 0.135 e. The van der Waals surface area contributed by atoms with E-state index >= 15 is 0 Å². The molecule has 0 amide bonds. The van der Waals surface area contributed by atoms with Crippen LogP contribution in [0, 0.1) is 13.8 Å². The molecule has 0 aliphatic rings. The van der Waals surface area contributed by atoms with E-state index in [1.807, 2.05) is 6.07 Å². The lowest BCUT2D eigenvalue weighted by atomic mass is 10.1. The molecule has 5 nitrogen and oxygen atoms in total. The Bertz CT molecular complexity index is 589. The standard InChI is InChI=1S/C17H25N5/c1-13-7-5-8-14(2)17(13)21-16-11-15(19-12-20-16)18-9-6-10-22(3)4/h5,7-8,11-12H,6,9-10H2,1-4H3,(H2,18,19,20,21). The number of nitrogens with one attached hydrogen (secondary N) is 2. The van der Waals surface area contributed by atoms with Gasteiger partial charge in [-0.3, -0.25) is 0 Å². The number of anilines is 3. The summed E-state index contributed by atoms with van der Waals surface area (Å²) < 4.78 is 0. The molecule has 0 bridgehead atoms. The summed E-state index contributed by atoms with van der Waals surface area (Å²) in [6.07, 6.45) is 2.67. The van der Waals surface area contributed by atoms with Crippen LogP contribution in [0.1, 0.15) is 17.5 Å². The van der Waals surface area contributed by atoms with E-state index in [9.17, 15) is 0 Å². The highest BCUT2D eigenvalue weighted by molar-refractivity contribution is 5.65. The molecule has 1 aromatic heterocycles. The van der Waals surface area contributed by atoms with Gasteiger partial charge in [-0.1, -0.05) is 18.2 Å². The molecule has 0 fully saturated rings. The second kappa shape index (κ2) is 7.75. The molecule has 0 aliphatic carbocycles. The van der Waals surface area contributed by atoms with Gasteiger partial charge in [0, 0.05) is 18.3 Å². The molecule has 5 heteroatoms. The van der Waals surface area contributed by atoms with Crippen LogP contribution in [0.4, 0.5) is 17.3 Å². The summed E-state index contributed by atoms with van der Waals surface area (Å²) in [5.74, 6) is 1.66. The molecular weight excluding hydrogens is 274 g/mol. The molecule has 0 radical (unpaired) electrons. The normalized spacial score (nSPS) is 10.8. The summed E-state index contributed by atoms with van der Waals surface area (Å²) in [6.45, 7) is 6.15. The van der Waals surface area contributed by atoms with Crippen LogP contribution in [0.5, 0.6) is 0 Å². The minimum atomic E-state index is 0.808. The Hall–Kier alpha value is -2.14. The molecule has 1 aromatic carbocycles. The molecule has 2 rings (SSSR count). The fourth-order valence-electron chi connectivity index (χ4n) is 2.27. The van der Waals surface area contributed by atoms with Gasteiger partial charge < -0.3 is 15.5 Å². The zero-order valence-electron chi connectivity index (χ0n) is 13.8. The highest BCUT2D eigenvalue weighted by Crippen LogP contribution is 2.23. The summed E-state index contributed by atoms with van der Waals surface area (Å²) >= 11 is 0. The van der Waals surface area contributed by atoms with Crippen molar-refractivity contribution in [1.82, 2.24) is 14.9 Å². The van der Waals surface area contributed by atoms with Crippen LogP contribution in [0.2, 0.25) is 0 Å². The Labute approximate surface area is 132 Å². The van der Waals surface area contributed by atoms with Gasteiger partial charge in [0.1, 0.15) is 18.0 Å². The second-order valence-corrected chi connectivity index (χ2v) is 5.76. The first-order valence-electron chi connectivity index (χ1n) is 7.60. The van der Waals surface area contributed by atoms with Crippen molar-refractivity contribution in [1.29, 1.82) is 0 Å². The molecular formula is C17H25N5. The highest BCUT2D eigenvalue weighted by Gasteiger charge is 2.04. The van der Waals surface area contributed by atoms with Crippen molar-refractivity contribution in [3.05, 3.63) is 41.7 Å². The van der Waals surface area contributed by atoms with Crippen molar-refractivity contribution in [3.8, 4) is 0 Å². The van der Waals surface area contributed by atoms with E-state index in [-0.39, 0.29) is 0 Å². The first-order chi connectivity index (χ1) is 10.6. The van der Waals surface area contributed by atoms with Crippen molar-refractivity contribution in [2.45, 2.75) is 20.3 Å². The predicted molar refractivity (Wildman–Crippen MR) is 92.9 cm³/mol. The van der Waals surface area contributed by atoms with Crippen LogP contribution in [-0.2, 0) is 0 Å². The number of hydrogen-bond donors (Lipinski definition) is 2. The molecule has 2 aromatic rings. The fraction of sp³-hybridized carbons (Fsp3) is 0.412. The molecule has 0 atom stereocenters. The molecule has 0 spiro atoms. The number of hydrogen-bond acceptors (Lipinski definition) is 5. The van der Waals surface area contributed by atoms with Crippen molar-refractivity contribution in [2.75, 3.05) is 37.8 Å². The van der Waals surface area contributed by atoms with E-state index in [1.54, 1.807) is 6.33 Å². The summed E-state index contributed by atoms with van der Waals surface area (Å²) in [6, 6.07) is 8.20. The van der Waals surface area contributed by atoms with Crippen LogP contribution >= 0.6 is 0 Å². The van der Waals surface area contributed by atoms with Gasteiger partial charge in [-0.05, 0) is 52.0 Å². The third kappa shape index (κ3) is 4.70. The summed E-state index contributed by atoms with van der Waals surface area (Å²) in [5, 5.41) is 6.73. The van der Waals surface area contributed by atoms with E-state index in [1.165, 1.54) is 11.1 Å². The SMILES string of the molecule is Cc1cccc(C)c1Nc1cc(NCCCN(C)C)ncn1.